The largest absolute Gasteiger partial charge is 0.481 e. The van der Waals surface area contributed by atoms with Gasteiger partial charge in [0.15, 0.2) is 0 Å². The Bertz CT molecular complexity index is 1490. The van der Waals surface area contributed by atoms with Gasteiger partial charge in [-0.1, -0.05) is 23.2 Å². The maximum Gasteiger partial charge on any atom is 0.307 e. The summed E-state index contributed by atoms with van der Waals surface area (Å²) >= 11 is 12.0. The average Bonchev–Trinajstić information content (AvgIpc) is 3.02. The van der Waals surface area contributed by atoms with E-state index < -0.39 is 39.0 Å². The molecular weight excluding hydrogens is 492 g/mol. The van der Waals surface area contributed by atoms with Crippen molar-refractivity contribution in [3.8, 4) is 0 Å². The summed E-state index contributed by atoms with van der Waals surface area (Å²) in [6.45, 7) is 1.64. The summed E-state index contributed by atoms with van der Waals surface area (Å²) in [5.74, 6) is -1.84. The van der Waals surface area contributed by atoms with Crippen LogP contribution in [-0.2, 0) is 14.6 Å². The second-order valence-electron chi connectivity index (χ2n) is 7.34. The Kier molecular flexibility index (Phi) is 6.13. The number of benzene rings is 2. The first-order valence-corrected chi connectivity index (χ1v) is 11.9. The molecule has 11 heteroatoms. The van der Waals surface area contributed by atoms with Gasteiger partial charge < -0.3 is 10.4 Å². The highest BCUT2D eigenvalue weighted by Crippen LogP contribution is 2.26. The summed E-state index contributed by atoms with van der Waals surface area (Å²) in [5.41, 5.74) is 0.783. The molecule has 4 rings (SSSR count). The molecule has 1 unspecified atom stereocenters. The Hall–Kier alpha value is -3.01. The number of halogens is 3. The van der Waals surface area contributed by atoms with Crippen molar-refractivity contribution in [2.75, 3.05) is 5.32 Å². The van der Waals surface area contributed by atoms with E-state index in [9.17, 15) is 22.7 Å². The molecule has 0 saturated heterocycles. The van der Waals surface area contributed by atoms with Gasteiger partial charge in [0.1, 0.15) is 16.5 Å². The molecular formula is C22H16Cl2FN3O4S. The highest BCUT2D eigenvalue weighted by molar-refractivity contribution is 7.91. The van der Waals surface area contributed by atoms with E-state index in [0.29, 0.717) is 21.6 Å². The summed E-state index contributed by atoms with van der Waals surface area (Å²) < 4.78 is 41.6. The molecule has 170 valence electrons. The molecule has 3 aromatic rings. The molecule has 2 aromatic carbocycles. The van der Waals surface area contributed by atoms with Crippen LogP contribution < -0.4 is 15.9 Å². The Morgan fingerprint density at radius 2 is 1.85 bits per heavy atom. The van der Waals surface area contributed by atoms with Crippen LogP contribution in [0.1, 0.15) is 13.3 Å². The lowest BCUT2D eigenvalue weighted by Gasteiger charge is -2.10. The van der Waals surface area contributed by atoms with E-state index in [2.05, 4.69) is 15.3 Å². The van der Waals surface area contributed by atoms with Crippen molar-refractivity contribution in [2.45, 2.75) is 29.2 Å². The number of hydrogen-bond donors (Lipinski definition) is 2. The minimum Gasteiger partial charge on any atom is -0.481 e. The number of carbonyl (C=O) groups is 1. The SMILES string of the molecule is CC1N=c2ccc(F)c(S(=O)(=O)c3ccc(Nc4cc(Cl)cc(Cl)c4)nc3)c2=C1CC(=O)O. The van der Waals surface area contributed by atoms with E-state index in [0.717, 1.165) is 12.3 Å². The number of hydrogen-bond acceptors (Lipinski definition) is 6. The molecule has 0 spiro atoms. The Morgan fingerprint density at radius 1 is 1.15 bits per heavy atom. The highest BCUT2D eigenvalue weighted by Gasteiger charge is 2.29. The number of fused-ring (bicyclic) bond motifs is 1. The van der Waals surface area contributed by atoms with Crippen LogP contribution in [0.2, 0.25) is 10.0 Å². The molecule has 2 N–H and O–H groups in total. The number of nitrogens with zero attached hydrogens (tertiary/aromatic N) is 2. The Balaban J connectivity index is 1.78. The topological polar surface area (TPSA) is 109 Å². The van der Waals surface area contributed by atoms with Gasteiger partial charge in [0.2, 0.25) is 9.84 Å². The van der Waals surface area contributed by atoms with E-state index in [-0.39, 0.29) is 21.0 Å². The number of aromatic nitrogens is 1. The molecule has 1 atom stereocenters. The first kappa shape index (κ1) is 23.2. The lowest BCUT2D eigenvalue weighted by molar-refractivity contribution is -0.135. The van der Waals surface area contributed by atoms with E-state index in [1.54, 1.807) is 25.1 Å². The number of sulfone groups is 1. The van der Waals surface area contributed by atoms with Crippen LogP contribution in [0.4, 0.5) is 15.9 Å². The zero-order chi connectivity index (χ0) is 23.9. The molecule has 1 aliphatic heterocycles. The van der Waals surface area contributed by atoms with Crippen LogP contribution >= 0.6 is 23.2 Å². The Labute approximate surface area is 198 Å². The third-order valence-corrected chi connectivity index (χ3v) is 7.27. The van der Waals surface area contributed by atoms with Gasteiger partial charge in [0.05, 0.1) is 22.7 Å². The summed E-state index contributed by atoms with van der Waals surface area (Å²) in [7, 11) is -4.37. The molecule has 1 aliphatic rings. The van der Waals surface area contributed by atoms with Crippen LogP contribution in [0.15, 0.2) is 63.4 Å². The van der Waals surface area contributed by atoms with Crippen LogP contribution in [-0.4, -0.2) is 30.5 Å². The number of nitrogens with one attached hydrogen (secondary N) is 1. The maximum absolute atomic E-state index is 14.9. The van der Waals surface area contributed by atoms with Crippen molar-refractivity contribution in [2.24, 2.45) is 4.99 Å². The van der Waals surface area contributed by atoms with Gasteiger partial charge >= 0.3 is 5.97 Å². The summed E-state index contributed by atoms with van der Waals surface area (Å²) in [5, 5.41) is 13.3. The van der Waals surface area contributed by atoms with Crippen LogP contribution in [0, 0.1) is 5.82 Å². The van der Waals surface area contributed by atoms with Crippen molar-refractivity contribution < 1.29 is 22.7 Å². The number of aliphatic carboxylic acids is 1. The smallest absolute Gasteiger partial charge is 0.307 e. The number of anilines is 2. The number of carboxylic acid groups (broad SMARTS) is 1. The van der Waals surface area contributed by atoms with Crippen molar-refractivity contribution in [1.82, 2.24) is 4.98 Å². The lowest BCUT2D eigenvalue weighted by atomic mass is 10.0. The fourth-order valence-corrected chi connectivity index (χ4v) is 5.66. The normalized spacial score (nSPS) is 15.2. The summed E-state index contributed by atoms with van der Waals surface area (Å²) in [6.07, 6.45) is 0.641. The number of pyridine rings is 1. The molecule has 1 aromatic heterocycles. The standard InChI is InChI=1S/C22H16Cl2FN3O4S/c1-11-16(9-20(29)30)21-18(27-11)4-3-17(25)22(21)33(31,32)15-2-5-19(26-10-15)28-14-7-12(23)6-13(24)8-14/h2-8,10-11H,9H2,1H3,(H,26,28)(H,29,30). The zero-order valence-corrected chi connectivity index (χ0v) is 19.3. The fraction of sp³-hybridized carbons (Fsp3) is 0.136. The average molecular weight is 508 g/mol. The summed E-state index contributed by atoms with van der Waals surface area (Å²) in [6, 6.07) is 9.27. The second-order valence-corrected chi connectivity index (χ2v) is 10.1. The van der Waals surface area contributed by atoms with Crippen molar-refractivity contribution in [1.29, 1.82) is 0 Å². The molecule has 0 fully saturated rings. The van der Waals surface area contributed by atoms with E-state index >= 15 is 0 Å². The molecule has 7 nitrogen and oxygen atoms in total. The van der Waals surface area contributed by atoms with Gasteiger partial charge in [0.25, 0.3) is 0 Å². The molecule has 0 radical (unpaired) electrons. The van der Waals surface area contributed by atoms with Gasteiger partial charge in [-0.2, -0.15) is 0 Å². The van der Waals surface area contributed by atoms with Gasteiger partial charge in [-0.25, -0.2) is 17.8 Å². The second kappa shape index (κ2) is 8.74. The predicted octanol–water partition coefficient (Wildman–Crippen LogP) is 3.75. The summed E-state index contributed by atoms with van der Waals surface area (Å²) in [4.78, 5) is 18.9. The Morgan fingerprint density at radius 3 is 2.45 bits per heavy atom. The predicted molar refractivity (Wildman–Crippen MR) is 122 cm³/mol. The van der Waals surface area contributed by atoms with Crippen molar-refractivity contribution >= 4 is 56.1 Å². The molecule has 2 heterocycles. The number of rotatable bonds is 6. The van der Waals surface area contributed by atoms with Gasteiger partial charge in [-0.05, 0) is 55.0 Å². The minimum absolute atomic E-state index is 0.000621. The van der Waals surface area contributed by atoms with Crippen molar-refractivity contribution in [3.05, 3.63) is 75.1 Å². The van der Waals surface area contributed by atoms with Crippen LogP contribution in [0.3, 0.4) is 0 Å². The third kappa shape index (κ3) is 4.57. The maximum atomic E-state index is 14.9. The van der Waals surface area contributed by atoms with Crippen LogP contribution in [0.5, 0.6) is 0 Å². The molecule has 0 saturated carbocycles. The van der Waals surface area contributed by atoms with E-state index in [1.807, 2.05) is 0 Å². The zero-order valence-electron chi connectivity index (χ0n) is 17.0. The number of carboxylic acids is 1. The van der Waals surface area contributed by atoms with Crippen LogP contribution in [0.25, 0.3) is 5.57 Å². The first-order valence-electron chi connectivity index (χ1n) is 9.62. The quantitative estimate of drug-likeness (QED) is 0.525. The first-order chi connectivity index (χ1) is 15.6. The molecule has 33 heavy (non-hydrogen) atoms. The molecule has 0 amide bonds. The van der Waals surface area contributed by atoms with E-state index in [4.69, 9.17) is 23.2 Å². The molecule has 0 aliphatic carbocycles. The van der Waals surface area contributed by atoms with Gasteiger partial charge in [0, 0.05) is 27.1 Å². The van der Waals surface area contributed by atoms with E-state index in [1.165, 1.54) is 18.2 Å². The lowest BCUT2D eigenvalue weighted by Crippen LogP contribution is -2.32. The van der Waals surface area contributed by atoms with Gasteiger partial charge in [-0.15, -0.1) is 0 Å². The third-order valence-electron chi connectivity index (χ3n) is 5.04. The van der Waals surface area contributed by atoms with Gasteiger partial charge in [-0.3, -0.25) is 9.79 Å². The fourth-order valence-electron chi connectivity index (χ4n) is 3.63. The molecule has 0 bridgehead atoms. The van der Waals surface area contributed by atoms with Crippen molar-refractivity contribution in [3.63, 3.8) is 0 Å². The minimum atomic E-state index is -4.37. The monoisotopic (exact) mass is 507 g/mol. The highest BCUT2D eigenvalue weighted by atomic mass is 35.5.